The number of rotatable bonds is 4. The molecule has 17 heavy (non-hydrogen) atoms. The van der Waals surface area contributed by atoms with Crippen molar-refractivity contribution < 1.29 is 14.3 Å². The van der Waals surface area contributed by atoms with Gasteiger partial charge in [0.25, 0.3) is 0 Å². The Bertz CT molecular complexity index is 537. The molecule has 0 spiro atoms. The summed E-state index contributed by atoms with van der Waals surface area (Å²) in [5.41, 5.74) is 0.608. The van der Waals surface area contributed by atoms with Gasteiger partial charge in [0.1, 0.15) is 5.82 Å². The number of imidazole rings is 1. The molecule has 1 heterocycles. The predicted octanol–water partition coefficient (Wildman–Crippen LogP) is 1.96. The van der Waals surface area contributed by atoms with Crippen LogP contribution in [0.4, 0.5) is 4.39 Å². The standard InChI is InChI=1S/C12H11FN2O2/c13-10-4-2-1-3-9(10)5-6-15-7-11(12(16)17)14-8-15/h1-4,7-8H,5-6H2,(H,16,17). The lowest BCUT2D eigenvalue weighted by Crippen LogP contribution is -2.01. The topological polar surface area (TPSA) is 55.1 Å². The molecule has 0 atom stereocenters. The van der Waals surface area contributed by atoms with Crippen LogP contribution in [0.2, 0.25) is 0 Å². The fourth-order valence-corrected chi connectivity index (χ4v) is 1.54. The van der Waals surface area contributed by atoms with Crippen LogP contribution >= 0.6 is 0 Å². The maximum absolute atomic E-state index is 13.3. The second-order valence-corrected chi connectivity index (χ2v) is 3.64. The first kappa shape index (κ1) is 11.3. The van der Waals surface area contributed by atoms with Crippen molar-refractivity contribution in [3.8, 4) is 0 Å². The Labute approximate surface area is 97.3 Å². The molecule has 0 fully saturated rings. The quantitative estimate of drug-likeness (QED) is 0.879. The molecule has 0 radical (unpaired) electrons. The number of carboxylic acid groups (broad SMARTS) is 1. The van der Waals surface area contributed by atoms with E-state index in [1.54, 1.807) is 22.8 Å². The summed E-state index contributed by atoms with van der Waals surface area (Å²) in [7, 11) is 0. The Morgan fingerprint density at radius 1 is 1.41 bits per heavy atom. The van der Waals surface area contributed by atoms with Crippen molar-refractivity contribution in [2.75, 3.05) is 0 Å². The number of nitrogens with zero attached hydrogens (tertiary/aromatic N) is 2. The molecule has 1 aromatic carbocycles. The Hall–Kier alpha value is -2.17. The first-order valence-corrected chi connectivity index (χ1v) is 5.15. The fourth-order valence-electron chi connectivity index (χ4n) is 1.54. The minimum Gasteiger partial charge on any atom is -0.476 e. The molecule has 88 valence electrons. The van der Waals surface area contributed by atoms with E-state index in [-0.39, 0.29) is 11.5 Å². The van der Waals surface area contributed by atoms with Gasteiger partial charge in [0, 0.05) is 12.7 Å². The molecule has 0 aliphatic carbocycles. The van der Waals surface area contributed by atoms with Gasteiger partial charge in [-0.05, 0) is 18.1 Å². The molecule has 0 bridgehead atoms. The number of aryl methyl sites for hydroxylation is 2. The average Bonchev–Trinajstić information content (AvgIpc) is 2.77. The van der Waals surface area contributed by atoms with Gasteiger partial charge in [0.05, 0.1) is 6.33 Å². The van der Waals surface area contributed by atoms with E-state index in [9.17, 15) is 9.18 Å². The molecule has 4 nitrogen and oxygen atoms in total. The second-order valence-electron chi connectivity index (χ2n) is 3.64. The molecule has 0 amide bonds. The minimum atomic E-state index is -1.06. The number of benzene rings is 1. The molecule has 0 aliphatic heterocycles. The number of hydrogen-bond donors (Lipinski definition) is 1. The van der Waals surface area contributed by atoms with E-state index in [1.165, 1.54) is 18.6 Å². The third-order valence-electron chi connectivity index (χ3n) is 2.45. The molecule has 0 saturated heterocycles. The highest BCUT2D eigenvalue weighted by molar-refractivity contribution is 5.84. The summed E-state index contributed by atoms with van der Waals surface area (Å²) in [6.45, 7) is 0.501. The van der Waals surface area contributed by atoms with E-state index in [4.69, 9.17) is 5.11 Å². The van der Waals surface area contributed by atoms with Crippen molar-refractivity contribution in [1.82, 2.24) is 9.55 Å². The van der Waals surface area contributed by atoms with Crippen molar-refractivity contribution in [1.29, 1.82) is 0 Å². The van der Waals surface area contributed by atoms with E-state index in [0.717, 1.165) is 0 Å². The van der Waals surface area contributed by atoms with Gasteiger partial charge in [-0.15, -0.1) is 0 Å². The number of hydrogen-bond acceptors (Lipinski definition) is 2. The third kappa shape index (κ3) is 2.69. The molecular formula is C12H11FN2O2. The van der Waals surface area contributed by atoms with Crippen molar-refractivity contribution in [3.05, 3.63) is 53.9 Å². The van der Waals surface area contributed by atoms with Crippen molar-refractivity contribution in [2.45, 2.75) is 13.0 Å². The number of halogens is 1. The maximum atomic E-state index is 13.3. The number of aromatic carboxylic acids is 1. The van der Waals surface area contributed by atoms with Gasteiger partial charge in [-0.1, -0.05) is 18.2 Å². The van der Waals surface area contributed by atoms with Crippen LogP contribution in [0.25, 0.3) is 0 Å². The van der Waals surface area contributed by atoms with E-state index in [2.05, 4.69) is 4.98 Å². The molecule has 0 saturated carbocycles. The van der Waals surface area contributed by atoms with Crippen molar-refractivity contribution >= 4 is 5.97 Å². The molecule has 0 unspecified atom stereocenters. The first-order valence-electron chi connectivity index (χ1n) is 5.15. The normalized spacial score (nSPS) is 10.4. The molecular weight excluding hydrogens is 223 g/mol. The van der Waals surface area contributed by atoms with Crippen LogP contribution < -0.4 is 0 Å². The van der Waals surface area contributed by atoms with Gasteiger partial charge in [0.2, 0.25) is 0 Å². The van der Waals surface area contributed by atoms with Crippen LogP contribution in [0.15, 0.2) is 36.8 Å². The lowest BCUT2D eigenvalue weighted by atomic mass is 10.1. The molecule has 5 heteroatoms. The van der Waals surface area contributed by atoms with Crippen molar-refractivity contribution in [3.63, 3.8) is 0 Å². The zero-order chi connectivity index (χ0) is 12.3. The summed E-state index contributed by atoms with van der Waals surface area (Å²) >= 11 is 0. The average molecular weight is 234 g/mol. The highest BCUT2D eigenvalue weighted by atomic mass is 19.1. The lowest BCUT2D eigenvalue weighted by Gasteiger charge is -2.03. The third-order valence-corrected chi connectivity index (χ3v) is 2.45. The summed E-state index contributed by atoms with van der Waals surface area (Å²) in [6, 6.07) is 6.53. The fraction of sp³-hybridized carbons (Fsp3) is 0.167. The Kier molecular flexibility index (Phi) is 3.18. The molecule has 2 rings (SSSR count). The zero-order valence-electron chi connectivity index (χ0n) is 9.01. The van der Waals surface area contributed by atoms with Crippen LogP contribution in [-0.4, -0.2) is 20.6 Å². The number of aromatic nitrogens is 2. The van der Waals surface area contributed by atoms with E-state index in [0.29, 0.717) is 18.5 Å². The van der Waals surface area contributed by atoms with Gasteiger partial charge >= 0.3 is 5.97 Å². The Morgan fingerprint density at radius 2 is 2.18 bits per heavy atom. The van der Waals surface area contributed by atoms with Gasteiger partial charge in [-0.3, -0.25) is 0 Å². The molecule has 2 aromatic rings. The minimum absolute atomic E-state index is 0.00136. The van der Waals surface area contributed by atoms with Gasteiger partial charge < -0.3 is 9.67 Å². The van der Waals surface area contributed by atoms with Crippen LogP contribution in [0, 0.1) is 5.82 Å². The van der Waals surface area contributed by atoms with Crippen LogP contribution in [-0.2, 0) is 13.0 Å². The van der Waals surface area contributed by atoms with Gasteiger partial charge in [-0.25, -0.2) is 14.2 Å². The Balaban J connectivity index is 2.02. The molecule has 1 aromatic heterocycles. The summed E-state index contributed by atoms with van der Waals surface area (Å²) in [6.07, 6.45) is 3.37. The van der Waals surface area contributed by atoms with Crippen LogP contribution in [0.5, 0.6) is 0 Å². The summed E-state index contributed by atoms with van der Waals surface area (Å²) in [4.78, 5) is 14.3. The lowest BCUT2D eigenvalue weighted by molar-refractivity contribution is 0.0691. The zero-order valence-corrected chi connectivity index (χ0v) is 9.01. The number of carboxylic acids is 1. The predicted molar refractivity (Wildman–Crippen MR) is 59.3 cm³/mol. The summed E-state index contributed by atoms with van der Waals surface area (Å²) < 4.78 is 14.9. The molecule has 1 N–H and O–H groups in total. The highest BCUT2D eigenvalue weighted by Crippen LogP contribution is 2.08. The van der Waals surface area contributed by atoms with Gasteiger partial charge in [-0.2, -0.15) is 0 Å². The summed E-state index contributed by atoms with van der Waals surface area (Å²) in [5, 5.41) is 8.69. The smallest absolute Gasteiger partial charge is 0.356 e. The monoisotopic (exact) mass is 234 g/mol. The SMILES string of the molecule is O=C(O)c1cn(CCc2ccccc2F)cn1. The number of carbonyl (C=O) groups is 1. The van der Waals surface area contributed by atoms with E-state index < -0.39 is 5.97 Å². The highest BCUT2D eigenvalue weighted by Gasteiger charge is 2.07. The Morgan fingerprint density at radius 3 is 2.82 bits per heavy atom. The first-order chi connectivity index (χ1) is 8.16. The van der Waals surface area contributed by atoms with Gasteiger partial charge in [0.15, 0.2) is 5.69 Å². The maximum Gasteiger partial charge on any atom is 0.356 e. The van der Waals surface area contributed by atoms with E-state index in [1.807, 2.05) is 0 Å². The van der Waals surface area contributed by atoms with Crippen molar-refractivity contribution in [2.24, 2.45) is 0 Å². The molecule has 0 aliphatic rings. The largest absolute Gasteiger partial charge is 0.476 e. The van der Waals surface area contributed by atoms with E-state index >= 15 is 0 Å². The second kappa shape index (κ2) is 4.78. The van der Waals surface area contributed by atoms with Crippen LogP contribution in [0.1, 0.15) is 16.1 Å². The summed E-state index contributed by atoms with van der Waals surface area (Å²) in [5.74, 6) is -1.30. The van der Waals surface area contributed by atoms with Crippen LogP contribution in [0.3, 0.4) is 0 Å².